The van der Waals surface area contributed by atoms with E-state index in [0.29, 0.717) is 0 Å². The van der Waals surface area contributed by atoms with Gasteiger partial charge < -0.3 is 0 Å². The summed E-state index contributed by atoms with van der Waals surface area (Å²) in [6.45, 7) is 4.07. The Balaban J connectivity index is 1.84. The molecule has 0 aliphatic rings. The van der Waals surface area contributed by atoms with Gasteiger partial charge in [-0.2, -0.15) is 11.3 Å². The molecule has 124 valence electrons. The molecule has 24 heavy (non-hydrogen) atoms. The van der Waals surface area contributed by atoms with E-state index in [0.717, 1.165) is 27.9 Å². The van der Waals surface area contributed by atoms with Gasteiger partial charge in [-0.3, -0.25) is 4.98 Å². The summed E-state index contributed by atoms with van der Waals surface area (Å²) in [6, 6.07) is 10.8. The molecule has 4 nitrogen and oxygen atoms in total. The fraction of sp³-hybridized carbons (Fsp3) is 0.167. The van der Waals surface area contributed by atoms with Crippen LogP contribution in [0.2, 0.25) is 0 Å². The van der Waals surface area contributed by atoms with Crippen LogP contribution in [0.15, 0.2) is 58.3 Å². The largest absolute Gasteiger partial charge is 0.256 e. The van der Waals surface area contributed by atoms with Crippen molar-refractivity contribution in [2.45, 2.75) is 25.3 Å². The minimum Gasteiger partial charge on any atom is -0.256 e. The molecule has 0 saturated heterocycles. The monoisotopic (exact) mass is 358 g/mol. The van der Waals surface area contributed by atoms with E-state index >= 15 is 0 Å². The third kappa shape index (κ3) is 3.56. The number of hydrogen-bond donors (Lipinski definition) is 1. The van der Waals surface area contributed by atoms with Crippen molar-refractivity contribution in [1.29, 1.82) is 0 Å². The summed E-state index contributed by atoms with van der Waals surface area (Å²) in [5.41, 5.74) is 4.69. The Morgan fingerprint density at radius 1 is 1.12 bits per heavy atom. The van der Waals surface area contributed by atoms with Crippen molar-refractivity contribution in [3.63, 3.8) is 0 Å². The highest BCUT2D eigenvalue weighted by atomic mass is 32.2. The lowest BCUT2D eigenvalue weighted by Gasteiger charge is -2.11. The summed E-state index contributed by atoms with van der Waals surface area (Å²) in [6.07, 6.45) is 1.72. The molecule has 0 unspecified atom stereocenters. The van der Waals surface area contributed by atoms with Crippen LogP contribution in [0.3, 0.4) is 0 Å². The van der Waals surface area contributed by atoms with Gasteiger partial charge in [0.15, 0.2) is 0 Å². The first kappa shape index (κ1) is 16.8. The zero-order valence-electron chi connectivity index (χ0n) is 13.5. The third-order valence-corrected chi connectivity index (χ3v) is 6.01. The van der Waals surface area contributed by atoms with Crippen molar-refractivity contribution in [1.82, 2.24) is 9.71 Å². The summed E-state index contributed by atoms with van der Waals surface area (Å²) in [5, 5.41) is 3.98. The van der Waals surface area contributed by atoms with E-state index in [1.165, 1.54) is 0 Å². The molecule has 0 saturated carbocycles. The average Bonchev–Trinajstić information content (AvgIpc) is 3.10. The van der Waals surface area contributed by atoms with Crippen LogP contribution in [0.1, 0.15) is 16.7 Å². The van der Waals surface area contributed by atoms with E-state index in [1.54, 1.807) is 29.7 Å². The minimum atomic E-state index is -3.56. The van der Waals surface area contributed by atoms with Gasteiger partial charge in [-0.15, -0.1) is 0 Å². The normalized spacial score (nSPS) is 11.6. The summed E-state index contributed by atoms with van der Waals surface area (Å²) < 4.78 is 27.8. The Hall–Kier alpha value is -2.02. The molecular weight excluding hydrogens is 340 g/mol. The highest BCUT2D eigenvalue weighted by molar-refractivity contribution is 7.89. The number of aromatic nitrogens is 1. The Morgan fingerprint density at radius 3 is 2.67 bits per heavy atom. The number of rotatable bonds is 5. The lowest BCUT2D eigenvalue weighted by molar-refractivity contribution is 0.581. The number of nitrogens with one attached hydrogen (secondary N) is 1. The standard InChI is InChI=1S/C18H18N2O2S2/c1-13-5-6-17(10-14(13)2)24(21,22)20-11-15-4-3-8-19-18(15)16-7-9-23-12-16/h3-10,12,20H,11H2,1-2H3. The first-order chi connectivity index (χ1) is 11.5. The maximum absolute atomic E-state index is 12.5. The Labute approximate surface area is 146 Å². The highest BCUT2D eigenvalue weighted by Crippen LogP contribution is 2.24. The average molecular weight is 358 g/mol. The number of thiophene rings is 1. The highest BCUT2D eigenvalue weighted by Gasteiger charge is 2.16. The molecule has 0 amide bonds. The lowest BCUT2D eigenvalue weighted by Crippen LogP contribution is -2.23. The van der Waals surface area contributed by atoms with Crippen molar-refractivity contribution >= 4 is 21.4 Å². The minimum absolute atomic E-state index is 0.203. The van der Waals surface area contributed by atoms with E-state index in [1.807, 2.05) is 48.9 Å². The van der Waals surface area contributed by atoms with E-state index < -0.39 is 10.0 Å². The van der Waals surface area contributed by atoms with E-state index in [-0.39, 0.29) is 11.4 Å². The first-order valence-corrected chi connectivity index (χ1v) is 9.93. The number of hydrogen-bond acceptors (Lipinski definition) is 4. The van der Waals surface area contributed by atoms with Crippen molar-refractivity contribution in [3.8, 4) is 11.3 Å². The summed E-state index contributed by atoms with van der Waals surface area (Å²) >= 11 is 1.59. The number of benzene rings is 1. The van der Waals surface area contributed by atoms with Crippen molar-refractivity contribution in [2.24, 2.45) is 0 Å². The van der Waals surface area contributed by atoms with Crippen molar-refractivity contribution in [2.75, 3.05) is 0 Å². The van der Waals surface area contributed by atoms with Gasteiger partial charge in [-0.1, -0.05) is 12.1 Å². The second-order valence-electron chi connectivity index (χ2n) is 5.59. The molecule has 3 aromatic rings. The Kier molecular flexibility index (Phi) is 4.80. The van der Waals surface area contributed by atoms with Gasteiger partial charge in [-0.05, 0) is 60.2 Å². The number of aryl methyl sites for hydroxylation is 2. The van der Waals surface area contributed by atoms with Gasteiger partial charge >= 0.3 is 0 Å². The topological polar surface area (TPSA) is 59.1 Å². The maximum Gasteiger partial charge on any atom is 0.240 e. The second-order valence-corrected chi connectivity index (χ2v) is 8.14. The molecule has 2 heterocycles. The van der Waals surface area contributed by atoms with Crippen LogP contribution in [-0.2, 0) is 16.6 Å². The fourth-order valence-corrected chi connectivity index (χ4v) is 4.11. The molecule has 0 radical (unpaired) electrons. The van der Waals surface area contributed by atoms with Crippen LogP contribution in [0.4, 0.5) is 0 Å². The molecular formula is C18H18N2O2S2. The molecule has 0 bridgehead atoms. The summed E-state index contributed by atoms with van der Waals surface area (Å²) in [7, 11) is -3.56. The van der Waals surface area contributed by atoms with E-state index in [9.17, 15) is 8.42 Å². The molecule has 2 aromatic heterocycles. The van der Waals surface area contributed by atoms with Gasteiger partial charge in [0.05, 0.1) is 10.6 Å². The molecule has 1 N–H and O–H groups in total. The lowest BCUT2D eigenvalue weighted by atomic mass is 10.1. The number of sulfonamides is 1. The van der Waals surface area contributed by atoms with Crippen molar-refractivity contribution in [3.05, 3.63) is 70.0 Å². The van der Waals surface area contributed by atoms with Gasteiger partial charge in [0.25, 0.3) is 0 Å². The predicted molar refractivity (Wildman–Crippen MR) is 97.5 cm³/mol. The van der Waals surface area contributed by atoms with Crippen molar-refractivity contribution < 1.29 is 8.42 Å². The van der Waals surface area contributed by atoms with Crippen LogP contribution in [-0.4, -0.2) is 13.4 Å². The zero-order chi connectivity index (χ0) is 17.2. The quantitative estimate of drug-likeness (QED) is 0.752. The van der Waals surface area contributed by atoms with Gasteiger partial charge in [0.1, 0.15) is 0 Å². The summed E-state index contributed by atoms with van der Waals surface area (Å²) in [4.78, 5) is 4.68. The molecule has 0 spiro atoms. The second kappa shape index (κ2) is 6.84. The molecule has 3 rings (SSSR count). The number of pyridine rings is 1. The van der Waals surface area contributed by atoms with Crippen LogP contribution >= 0.6 is 11.3 Å². The molecule has 0 aliphatic carbocycles. The van der Waals surface area contributed by atoms with Gasteiger partial charge in [0.2, 0.25) is 10.0 Å². The van der Waals surface area contributed by atoms with E-state index in [2.05, 4.69) is 9.71 Å². The molecule has 0 fully saturated rings. The Morgan fingerprint density at radius 2 is 1.96 bits per heavy atom. The fourth-order valence-electron chi connectivity index (χ4n) is 2.38. The molecule has 0 atom stereocenters. The van der Waals surface area contributed by atoms with E-state index in [4.69, 9.17) is 0 Å². The molecule has 0 aliphatic heterocycles. The molecule has 1 aromatic carbocycles. The van der Waals surface area contributed by atoms with Crippen LogP contribution in [0, 0.1) is 13.8 Å². The van der Waals surface area contributed by atoms with Crippen LogP contribution in [0.25, 0.3) is 11.3 Å². The zero-order valence-corrected chi connectivity index (χ0v) is 15.1. The van der Waals surface area contributed by atoms with Gasteiger partial charge in [-0.25, -0.2) is 13.1 Å². The SMILES string of the molecule is Cc1ccc(S(=O)(=O)NCc2cccnc2-c2ccsc2)cc1C. The van der Waals surface area contributed by atoms with Gasteiger partial charge in [0, 0.05) is 23.7 Å². The smallest absolute Gasteiger partial charge is 0.240 e. The Bertz CT molecular complexity index is 949. The third-order valence-electron chi connectivity index (χ3n) is 3.93. The molecule has 6 heteroatoms. The summed E-state index contributed by atoms with van der Waals surface area (Å²) in [5.74, 6) is 0. The van der Waals surface area contributed by atoms with Crippen LogP contribution in [0.5, 0.6) is 0 Å². The maximum atomic E-state index is 12.5. The van der Waals surface area contributed by atoms with Crippen LogP contribution < -0.4 is 4.72 Å². The number of nitrogens with zero attached hydrogens (tertiary/aromatic N) is 1. The first-order valence-electron chi connectivity index (χ1n) is 7.51. The predicted octanol–water partition coefficient (Wildman–Crippen LogP) is 3.91.